The predicted molar refractivity (Wildman–Crippen MR) is 80.8 cm³/mol. The summed E-state index contributed by atoms with van der Waals surface area (Å²) in [6, 6.07) is 11.3. The van der Waals surface area contributed by atoms with Gasteiger partial charge in [0, 0.05) is 17.5 Å². The first kappa shape index (κ1) is 14.5. The molecule has 1 N–H and O–H groups in total. The van der Waals surface area contributed by atoms with Crippen LogP contribution in [0.25, 0.3) is 0 Å². The molecule has 2 aromatic rings. The van der Waals surface area contributed by atoms with Crippen LogP contribution in [0.1, 0.15) is 29.4 Å². The van der Waals surface area contributed by atoms with Gasteiger partial charge in [0.1, 0.15) is 11.6 Å². The lowest BCUT2D eigenvalue weighted by Gasteiger charge is -2.33. The number of benzene rings is 2. The van der Waals surface area contributed by atoms with Gasteiger partial charge in [-0.3, -0.25) is 0 Å². The van der Waals surface area contributed by atoms with E-state index in [0.29, 0.717) is 22.7 Å². The maximum atomic E-state index is 14.2. The molecular weight excluding hydrogens is 292 g/mol. The van der Waals surface area contributed by atoms with Gasteiger partial charge in [-0.15, -0.1) is 0 Å². The van der Waals surface area contributed by atoms with Crippen LogP contribution in [0.5, 0.6) is 0 Å². The molecule has 1 saturated heterocycles. The molecule has 0 radical (unpaired) electrons. The lowest BCUT2D eigenvalue weighted by molar-refractivity contribution is 0.384. The maximum absolute atomic E-state index is 14.2. The molecule has 4 heteroatoms. The topological polar surface area (TPSA) is 12.0 Å². The van der Waals surface area contributed by atoms with Crippen LogP contribution in [0.15, 0.2) is 42.5 Å². The zero-order valence-corrected chi connectivity index (χ0v) is 12.2. The van der Waals surface area contributed by atoms with Crippen molar-refractivity contribution in [3.8, 4) is 0 Å². The molecule has 1 heterocycles. The molecule has 1 aliphatic heterocycles. The molecule has 0 spiro atoms. The van der Waals surface area contributed by atoms with Gasteiger partial charge >= 0.3 is 0 Å². The van der Waals surface area contributed by atoms with Crippen LogP contribution in [0.4, 0.5) is 8.78 Å². The molecular formula is C17H16ClF2N. The summed E-state index contributed by atoms with van der Waals surface area (Å²) in [6.45, 7) is 1.43. The van der Waals surface area contributed by atoms with Gasteiger partial charge in [-0.1, -0.05) is 29.8 Å². The fourth-order valence-electron chi connectivity index (χ4n) is 3.13. The van der Waals surface area contributed by atoms with Crippen molar-refractivity contribution in [3.63, 3.8) is 0 Å². The molecule has 0 aliphatic carbocycles. The zero-order chi connectivity index (χ0) is 14.8. The Morgan fingerprint density at radius 2 is 1.71 bits per heavy atom. The minimum absolute atomic E-state index is 0.0677. The van der Waals surface area contributed by atoms with Crippen LogP contribution in [-0.4, -0.2) is 13.1 Å². The van der Waals surface area contributed by atoms with Crippen LogP contribution >= 0.6 is 11.6 Å². The molecule has 2 aromatic carbocycles. The molecule has 0 saturated carbocycles. The van der Waals surface area contributed by atoms with Crippen LogP contribution in [0.2, 0.25) is 5.02 Å². The third kappa shape index (κ3) is 2.94. The van der Waals surface area contributed by atoms with Crippen LogP contribution in [-0.2, 0) is 0 Å². The minimum atomic E-state index is -0.271. The largest absolute Gasteiger partial charge is 0.316 e. The molecule has 21 heavy (non-hydrogen) atoms. The third-order valence-electron chi connectivity index (χ3n) is 4.14. The Labute approximate surface area is 127 Å². The number of hydrogen-bond acceptors (Lipinski definition) is 1. The van der Waals surface area contributed by atoms with E-state index in [9.17, 15) is 8.78 Å². The molecule has 3 rings (SSSR count). The Bertz CT molecular complexity index is 644. The van der Waals surface area contributed by atoms with Gasteiger partial charge in [0.2, 0.25) is 0 Å². The average Bonchev–Trinajstić information content (AvgIpc) is 2.50. The van der Waals surface area contributed by atoms with Crippen molar-refractivity contribution in [2.24, 2.45) is 0 Å². The summed E-state index contributed by atoms with van der Waals surface area (Å²) in [5.41, 5.74) is 1.21. The van der Waals surface area contributed by atoms with E-state index in [1.165, 1.54) is 12.1 Å². The van der Waals surface area contributed by atoms with E-state index in [1.807, 2.05) is 6.07 Å². The SMILES string of the molecule is Fc1ccc(Cl)cc1C1CCNCC1c1ccccc1F. The summed E-state index contributed by atoms with van der Waals surface area (Å²) in [5, 5.41) is 3.78. The zero-order valence-electron chi connectivity index (χ0n) is 11.5. The van der Waals surface area contributed by atoms with Gasteiger partial charge in [-0.05, 0) is 54.3 Å². The second kappa shape index (κ2) is 6.12. The summed E-state index contributed by atoms with van der Waals surface area (Å²) in [6.07, 6.45) is 0.760. The van der Waals surface area contributed by atoms with Crippen molar-refractivity contribution in [2.45, 2.75) is 18.3 Å². The smallest absolute Gasteiger partial charge is 0.126 e. The van der Waals surface area contributed by atoms with E-state index in [0.717, 1.165) is 13.0 Å². The molecule has 1 nitrogen and oxygen atoms in total. The highest BCUT2D eigenvalue weighted by atomic mass is 35.5. The van der Waals surface area contributed by atoms with Crippen molar-refractivity contribution in [1.29, 1.82) is 0 Å². The van der Waals surface area contributed by atoms with Gasteiger partial charge in [0.05, 0.1) is 0 Å². The first-order valence-corrected chi connectivity index (χ1v) is 7.44. The summed E-state index contributed by atoms with van der Waals surface area (Å²) < 4.78 is 28.3. The van der Waals surface area contributed by atoms with Crippen molar-refractivity contribution in [1.82, 2.24) is 5.32 Å². The summed E-state index contributed by atoms with van der Waals surface area (Å²) in [5.74, 6) is -0.666. The van der Waals surface area contributed by atoms with E-state index in [2.05, 4.69) is 5.32 Å². The van der Waals surface area contributed by atoms with Gasteiger partial charge in [-0.25, -0.2) is 8.78 Å². The van der Waals surface area contributed by atoms with Gasteiger partial charge < -0.3 is 5.32 Å². The molecule has 0 bridgehead atoms. The Kier molecular flexibility index (Phi) is 4.22. The lowest BCUT2D eigenvalue weighted by Crippen LogP contribution is -2.34. The fourth-order valence-corrected chi connectivity index (χ4v) is 3.31. The molecule has 0 amide bonds. The molecule has 0 aromatic heterocycles. The molecule has 2 atom stereocenters. The number of halogens is 3. The molecule has 2 unspecified atom stereocenters. The Morgan fingerprint density at radius 3 is 2.52 bits per heavy atom. The van der Waals surface area contributed by atoms with E-state index >= 15 is 0 Å². The Balaban J connectivity index is 2.02. The van der Waals surface area contributed by atoms with E-state index in [1.54, 1.807) is 24.3 Å². The second-order valence-corrected chi connectivity index (χ2v) is 5.83. The van der Waals surface area contributed by atoms with Crippen molar-refractivity contribution < 1.29 is 8.78 Å². The number of hydrogen-bond donors (Lipinski definition) is 1. The third-order valence-corrected chi connectivity index (χ3v) is 4.38. The van der Waals surface area contributed by atoms with E-state index < -0.39 is 0 Å². The summed E-state index contributed by atoms with van der Waals surface area (Å²) in [7, 11) is 0. The highest BCUT2D eigenvalue weighted by Gasteiger charge is 2.31. The molecule has 110 valence electrons. The van der Waals surface area contributed by atoms with Gasteiger partial charge in [0.25, 0.3) is 0 Å². The molecule has 1 aliphatic rings. The van der Waals surface area contributed by atoms with E-state index in [4.69, 9.17) is 11.6 Å². The Hall–Kier alpha value is -1.45. The van der Waals surface area contributed by atoms with Crippen molar-refractivity contribution in [3.05, 3.63) is 70.2 Å². The predicted octanol–water partition coefficient (Wildman–Crippen LogP) is 4.48. The quantitative estimate of drug-likeness (QED) is 0.862. The van der Waals surface area contributed by atoms with Crippen LogP contribution < -0.4 is 5.32 Å². The summed E-state index contributed by atoms with van der Waals surface area (Å²) >= 11 is 6.00. The first-order chi connectivity index (χ1) is 10.2. The second-order valence-electron chi connectivity index (χ2n) is 5.39. The van der Waals surface area contributed by atoms with Gasteiger partial charge in [0.15, 0.2) is 0 Å². The van der Waals surface area contributed by atoms with Crippen LogP contribution in [0.3, 0.4) is 0 Å². The molecule has 1 fully saturated rings. The number of piperidine rings is 1. The standard InChI is InChI=1S/C17H16ClF2N/c18-11-5-6-17(20)14(9-11)12-7-8-21-10-15(12)13-3-1-2-4-16(13)19/h1-6,9,12,15,21H,7-8,10H2. The number of rotatable bonds is 2. The fraction of sp³-hybridized carbons (Fsp3) is 0.294. The highest BCUT2D eigenvalue weighted by Crippen LogP contribution is 2.39. The van der Waals surface area contributed by atoms with Crippen molar-refractivity contribution in [2.75, 3.05) is 13.1 Å². The van der Waals surface area contributed by atoms with Gasteiger partial charge in [-0.2, -0.15) is 0 Å². The monoisotopic (exact) mass is 307 g/mol. The summed E-state index contributed by atoms with van der Waals surface area (Å²) in [4.78, 5) is 0. The van der Waals surface area contributed by atoms with Crippen LogP contribution in [0, 0.1) is 11.6 Å². The normalized spacial score (nSPS) is 22.2. The maximum Gasteiger partial charge on any atom is 0.126 e. The average molecular weight is 308 g/mol. The number of nitrogens with one attached hydrogen (secondary N) is 1. The van der Waals surface area contributed by atoms with E-state index in [-0.39, 0.29) is 23.5 Å². The lowest BCUT2D eigenvalue weighted by atomic mass is 9.77. The van der Waals surface area contributed by atoms with Crippen molar-refractivity contribution >= 4 is 11.6 Å². The Morgan fingerprint density at radius 1 is 0.952 bits per heavy atom. The minimum Gasteiger partial charge on any atom is -0.316 e. The first-order valence-electron chi connectivity index (χ1n) is 7.07. The highest BCUT2D eigenvalue weighted by molar-refractivity contribution is 6.30.